The van der Waals surface area contributed by atoms with E-state index >= 15 is 0 Å². The predicted octanol–water partition coefficient (Wildman–Crippen LogP) is 4.21. The molecule has 0 N–H and O–H groups in total. The first-order chi connectivity index (χ1) is 14.0. The van der Waals surface area contributed by atoms with Gasteiger partial charge in [0.25, 0.3) is 0 Å². The van der Waals surface area contributed by atoms with E-state index in [1.54, 1.807) is 18.2 Å². The van der Waals surface area contributed by atoms with Gasteiger partial charge in [-0.2, -0.15) is 8.78 Å². The van der Waals surface area contributed by atoms with Gasteiger partial charge in [-0.15, -0.1) is 0 Å². The number of alkyl halides is 2. The van der Waals surface area contributed by atoms with E-state index in [9.17, 15) is 13.6 Å². The van der Waals surface area contributed by atoms with Crippen molar-refractivity contribution in [1.29, 1.82) is 0 Å². The second kappa shape index (κ2) is 9.77. The number of esters is 1. The van der Waals surface area contributed by atoms with Gasteiger partial charge in [-0.1, -0.05) is 12.1 Å². The number of fused-ring (bicyclic) bond motifs is 1. The topological polar surface area (TPSA) is 63.2 Å². The van der Waals surface area contributed by atoms with Crippen LogP contribution in [0.4, 0.5) is 8.78 Å². The number of carbonyl (C=O) groups excluding carboxylic acids is 1. The number of hydrogen-bond acceptors (Lipinski definition) is 6. The molecule has 2 aromatic rings. The minimum absolute atomic E-state index is 0.0460. The second-order valence-corrected chi connectivity index (χ2v) is 6.06. The fraction of sp³-hybridized carbons (Fsp3) is 0.286. The smallest absolute Gasteiger partial charge is 0.387 e. The van der Waals surface area contributed by atoms with E-state index in [1.165, 1.54) is 31.4 Å². The summed E-state index contributed by atoms with van der Waals surface area (Å²) in [6.07, 6.45) is 3.72. The SMILES string of the molecule is COc1cc(COC(=O)/C=C/c2ccc3c(c2)OCCCO3)ccc1OC(F)F. The van der Waals surface area contributed by atoms with Crippen LogP contribution in [0.15, 0.2) is 42.5 Å². The molecule has 1 aliphatic rings. The highest BCUT2D eigenvalue weighted by atomic mass is 19.3. The van der Waals surface area contributed by atoms with Gasteiger partial charge in [-0.3, -0.25) is 0 Å². The molecular weight excluding hydrogens is 386 g/mol. The molecule has 6 nitrogen and oxygen atoms in total. The standard InChI is InChI=1S/C21H20F2O6/c1-25-18-12-15(4-7-17(18)29-21(22)23)13-28-20(24)8-5-14-3-6-16-19(11-14)27-10-2-9-26-16/h3-8,11-12,21H,2,9-10,13H2,1H3/b8-5+. The predicted molar refractivity (Wildman–Crippen MR) is 101 cm³/mol. The van der Waals surface area contributed by atoms with E-state index in [-0.39, 0.29) is 18.1 Å². The Bertz CT molecular complexity index is 881. The van der Waals surface area contributed by atoms with Gasteiger partial charge >= 0.3 is 12.6 Å². The van der Waals surface area contributed by atoms with Crippen molar-refractivity contribution in [2.24, 2.45) is 0 Å². The maximum absolute atomic E-state index is 12.4. The highest BCUT2D eigenvalue weighted by Crippen LogP contribution is 2.31. The van der Waals surface area contributed by atoms with Crippen LogP contribution in [0.5, 0.6) is 23.0 Å². The average molecular weight is 406 g/mol. The third-order valence-corrected chi connectivity index (χ3v) is 4.01. The molecule has 0 aliphatic carbocycles. The molecule has 0 atom stereocenters. The van der Waals surface area contributed by atoms with Crippen molar-refractivity contribution in [3.05, 3.63) is 53.6 Å². The quantitative estimate of drug-likeness (QED) is 0.507. The molecule has 3 rings (SSSR count). The Hall–Kier alpha value is -3.29. The maximum Gasteiger partial charge on any atom is 0.387 e. The first-order valence-electron chi connectivity index (χ1n) is 8.91. The number of methoxy groups -OCH3 is 1. The summed E-state index contributed by atoms with van der Waals surface area (Å²) in [5, 5.41) is 0. The highest BCUT2D eigenvalue weighted by molar-refractivity contribution is 5.87. The van der Waals surface area contributed by atoms with Crippen LogP contribution in [0.25, 0.3) is 6.08 Å². The summed E-state index contributed by atoms with van der Waals surface area (Å²) in [5.41, 5.74) is 1.34. The molecule has 0 fully saturated rings. The molecule has 154 valence electrons. The third-order valence-electron chi connectivity index (χ3n) is 4.01. The lowest BCUT2D eigenvalue weighted by atomic mass is 10.2. The lowest BCUT2D eigenvalue weighted by Gasteiger charge is -2.11. The molecule has 0 spiro atoms. The Labute approximate surface area is 166 Å². The first kappa shape index (κ1) is 20.4. The van der Waals surface area contributed by atoms with Crippen LogP contribution in [-0.4, -0.2) is 32.9 Å². The first-order valence-corrected chi connectivity index (χ1v) is 8.91. The molecule has 0 bridgehead atoms. The zero-order chi connectivity index (χ0) is 20.6. The summed E-state index contributed by atoms with van der Waals surface area (Å²) in [5.74, 6) is 0.795. The zero-order valence-corrected chi connectivity index (χ0v) is 15.7. The molecule has 2 aromatic carbocycles. The van der Waals surface area contributed by atoms with E-state index in [2.05, 4.69) is 4.74 Å². The Morgan fingerprint density at radius 2 is 1.90 bits per heavy atom. The molecular formula is C21H20F2O6. The van der Waals surface area contributed by atoms with Crippen LogP contribution in [0.3, 0.4) is 0 Å². The zero-order valence-electron chi connectivity index (χ0n) is 15.7. The number of carbonyl (C=O) groups is 1. The van der Waals surface area contributed by atoms with Crippen LogP contribution >= 0.6 is 0 Å². The summed E-state index contributed by atoms with van der Waals surface area (Å²) in [6.45, 7) is -1.82. The van der Waals surface area contributed by atoms with Crippen molar-refractivity contribution < 1.29 is 37.3 Å². The Kier molecular flexibility index (Phi) is 6.89. The molecule has 0 saturated carbocycles. The summed E-state index contributed by atoms with van der Waals surface area (Å²) >= 11 is 0. The largest absolute Gasteiger partial charge is 0.493 e. The maximum atomic E-state index is 12.4. The number of ether oxygens (including phenoxy) is 5. The van der Waals surface area contributed by atoms with Crippen LogP contribution in [0, 0.1) is 0 Å². The van der Waals surface area contributed by atoms with E-state index < -0.39 is 12.6 Å². The molecule has 29 heavy (non-hydrogen) atoms. The monoisotopic (exact) mass is 406 g/mol. The molecule has 1 heterocycles. The average Bonchev–Trinajstić information content (AvgIpc) is 2.96. The molecule has 8 heteroatoms. The van der Waals surface area contributed by atoms with Crippen LogP contribution < -0.4 is 18.9 Å². The highest BCUT2D eigenvalue weighted by Gasteiger charge is 2.12. The van der Waals surface area contributed by atoms with Crippen LogP contribution in [0.1, 0.15) is 17.5 Å². The van der Waals surface area contributed by atoms with E-state index in [0.717, 1.165) is 12.0 Å². The fourth-order valence-corrected chi connectivity index (χ4v) is 2.65. The lowest BCUT2D eigenvalue weighted by Crippen LogP contribution is -2.05. The van der Waals surface area contributed by atoms with Gasteiger partial charge in [-0.25, -0.2) is 4.79 Å². The molecule has 0 saturated heterocycles. The van der Waals surface area contributed by atoms with Gasteiger partial charge in [0.2, 0.25) is 0 Å². The van der Waals surface area contributed by atoms with Crippen molar-refractivity contribution in [1.82, 2.24) is 0 Å². The molecule has 1 aliphatic heterocycles. The van der Waals surface area contributed by atoms with Gasteiger partial charge < -0.3 is 23.7 Å². The number of benzene rings is 2. The van der Waals surface area contributed by atoms with Crippen molar-refractivity contribution in [2.45, 2.75) is 19.6 Å². The summed E-state index contributed by atoms with van der Waals surface area (Å²) in [4.78, 5) is 12.0. The molecule has 0 radical (unpaired) electrons. The summed E-state index contributed by atoms with van der Waals surface area (Å²) in [6, 6.07) is 9.71. The second-order valence-electron chi connectivity index (χ2n) is 6.06. The van der Waals surface area contributed by atoms with Crippen molar-refractivity contribution >= 4 is 12.0 Å². The van der Waals surface area contributed by atoms with Crippen molar-refractivity contribution in [3.63, 3.8) is 0 Å². The molecule has 0 aromatic heterocycles. The number of hydrogen-bond donors (Lipinski definition) is 0. The van der Waals surface area contributed by atoms with Gasteiger partial charge in [0.1, 0.15) is 6.61 Å². The Morgan fingerprint density at radius 1 is 1.10 bits per heavy atom. The lowest BCUT2D eigenvalue weighted by molar-refractivity contribution is -0.138. The van der Waals surface area contributed by atoms with E-state index in [0.29, 0.717) is 30.3 Å². The number of rotatable bonds is 7. The van der Waals surface area contributed by atoms with Gasteiger partial charge in [0.05, 0.1) is 20.3 Å². The minimum atomic E-state index is -2.96. The summed E-state index contributed by atoms with van der Waals surface area (Å²) in [7, 11) is 1.33. The third kappa shape index (κ3) is 5.84. The van der Waals surface area contributed by atoms with Crippen LogP contribution in [-0.2, 0) is 16.1 Å². The number of halogens is 2. The van der Waals surface area contributed by atoms with Gasteiger partial charge in [-0.05, 0) is 41.5 Å². The molecule has 0 amide bonds. The van der Waals surface area contributed by atoms with Gasteiger partial charge in [0, 0.05) is 12.5 Å². The van der Waals surface area contributed by atoms with E-state index in [4.69, 9.17) is 18.9 Å². The fourth-order valence-electron chi connectivity index (χ4n) is 2.65. The van der Waals surface area contributed by atoms with Crippen LogP contribution in [0.2, 0.25) is 0 Å². The Balaban J connectivity index is 1.58. The van der Waals surface area contributed by atoms with Crippen molar-refractivity contribution in [2.75, 3.05) is 20.3 Å². The normalized spacial score (nSPS) is 13.2. The molecule has 0 unspecified atom stereocenters. The Morgan fingerprint density at radius 3 is 2.66 bits per heavy atom. The van der Waals surface area contributed by atoms with E-state index in [1.807, 2.05) is 6.07 Å². The van der Waals surface area contributed by atoms with Gasteiger partial charge in [0.15, 0.2) is 23.0 Å². The minimum Gasteiger partial charge on any atom is -0.493 e. The summed E-state index contributed by atoms with van der Waals surface area (Å²) < 4.78 is 50.4. The van der Waals surface area contributed by atoms with Crippen molar-refractivity contribution in [3.8, 4) is 23.0 Å².